The Morgan fingerprint density at radius 1 is 1.42 bits per heavy atom. The molecule has 2 aromatic rings. The van der Waals surface area contributed by atoms with E-state index in [2.05, 4.69) is 30.9 Å². The lowest BCUT2D eigenvalue weighted by Crippen LogP contribution is -2.38. The number of hydrogen-bond donors (Lipinski definition) is 0. The maximum absolute atomic E-state index is 12.6. The average Bonchev–Trinajstić information content (AvgIpc) is 3.24. The number of ether oxygens (including phenoxy) is 1. The van der Waals surface area contributed by atoms with Gasteiger partial charge in [0.25, 0.3) is 0 Å². The highest BCUT2D eigenvalue weighted by molar-refractivity contribution is 7.13. The molecule has 128 valence electrons. The molecule has 0 amide bonds. The van der Waals surface area contributed by atoms with E-state index in [1.54, 1.807) is 16.3 Å². The van der Waals surface area contributed by atoms with Gasteiger partial charge in [0.15, 0.2) is 5.69 Å². The summed E-state index contributed by atoms with van der Waals surface area (Å²) in [6, 6.07) is 0. The van der Waals surface area contributed by atoms with Crippen molar-refractivity contribution >= 4 is 17.3 Å². The Bertz CT molecular complexity index is 794. The number of aromatic nitrogens is 3. The highest BCUT2D eigenvalue weighted by Crippen LogP contribution is 2.66. The zero-order valence-electron chi connectivity index (χ0n) is 14.6. The molecule has 2 bridgehead atoms. The molecule has 0 aromatic carbocycles. The van der Waals surface area contributed by atoms with Gasteiger partial charge in [0.05, 0.1) is 6.20 Å². The zero-order chi connectivity index (χ0) is 17.1. The van der Waals surface area contributed by atoms with Gasteiger partial charge in [0, 0.05) is 29.6 Å². The molecule has 0 N–H and O–H groups in total. The number of esters is 1. The van der Waals surface area contributed by atoms with Gasteiger partial charge in [0.2, 0.25) is 0 Å². The normalized spacial score (nSPS) is 30.7. The van der Waals surface area contributed by atoms with Crippen LogP contribution >= 0.6 is 11.3 Å². The Morgan fingerprint density at radius 3 is 2.79 bits per heavy atom. The standard InChI is InChI=1S/C18H23N3O2S/c1-17(2)12-5-6-18(17,3)14(7-12)23-16(22)13-10-24-15(20-13)11-8-19-21(4)9-11/h8-10,12,14H,5-7H2,1-4H3/t12-,14-,18-/m1/s1. The van der Waals surface area contributed by atoms with E-state index >= 15 is 0 Å². The molecule has 0 spiro atoms. The van der Waals surface area contributed by atoms with Crippen molar-refractivity contribution in [1.82, 2.24) is 14.8 Å². The van der Waals surface area contributed by atoms with Gasteiger partial charge in [-0.25, -0.2) is 9.78 Å². The van der Waals surface area contributed by atoms with Crippen LogP contribution in [0.25, 0.3) is 10.6 Å². The summed E-state index contributed by atoms with van der Waals surface area (Å²) in [5.41, 5.74) is 1.65. The molecule has 2 aliphatic carbocycles. The van der Waals surface area contributed by atoms with Gasteiger partial charge in [-0.3, -0.25) is 4.68 Å². The van der Waals surface area contributed by atoms with E-state index < -0.39 is 0 Å². The maximum Gasteiger partial charge on any atom is 0.358 e. The number of nitrogens with zero attached hydrogens (tertiary/aromatic N) is 3. The summed E-state index contributed by atoms with van der Waals surface area (Å²) in [4.78, 5) is 17.0. The average molecular weight is 345 g/mol. The van der Waals surface area contributed by atoms with Crippen molar-refractivity contribution in [2.75, 3.05) is 0 Å². The lowest BCUT2D eigenvalue weighted by atomic mass is 9.70. The number of carbonyl (C=O) groups is 1. The molecular formula is C18H23N3O2S. The van der Waals surface area contributed by atoms with Gasteiger partial charge < -0.3 is 4.74 Å². The quantitative estimate of drug-likeness (QED) is 0.791. The number of fused-ring (bicyclic) bond motifs is 2. The summed E-state index contributed by atoms with van der Waals surface area (Å²) in [7, 11) is 1.86. The topological polar surface area (TPSA) is 57.0 Å². The van der Waals surface area contributed by atoms with E-state index in [1.807, 2.05) is 13.2 Å². The summed E-state index contributed by atoms with van der Waals surface area (Å²) < 4.78 is 7.64. The fourth-order valence-electron chi connectivity index (χ4n) is 4.53. The van der Waals surface area contributed by atoms with Crippen LogP contribution < -0.4 is 0 Å². The largest absolute Gasteiger partial charge is 0.457 e. The summed E-state index contributed by atoms with van der Waals surface area (Å²) in [6.07, 6.45) is 7.03. The SMILES string of the molecule is Cn1cc(-c2nc(C(=O)O[C@@H]3C[C@H]4CC[C@@]3(C)C4(C)C)cs2)cn1. The van der Waals surface area contributed by atoms with E-state index in [-0.39, 0.29) is 22.9 Å². The zero-order valence-corrected chi connectivity index (χ0v) is 15.4. The van der Waals surface area contributed by atoms with Crippen LogP contribution in [0.5, 0.6) is 0 Å². The third-order valence-corrected chi connectivity index (χ3v) is 7.52. The predicted octanol–water partition coefficient (Wildman–Crippen LogP) is 3.92. The minimum atomic E-state index is -0.295. The van der Waals surface area contributed by atoms with E-state index in [9.17, 15) is 4.79 Å². The minimum absolute atomic E-state index is 0.00212. The van der Waals surface area contributed by atoms with Crippen molar-refractivity contribution in [2.45, 2.75) is 46.1 Å². The fraction of sp³-hybridized carbons (Fsp3) is 0.611. The van der Waals surface area contributed by atoms with Gasteiger partial charge in [0.1, 0.15) is 11.1 Å². The molecule has 0 unspecified atom stereocenters. The summed E-state index contributed by atoms with van der Waals surface area (Å²) in [6.45, 7) is 6.92. The molecule has 2 aromatic heterocycles. The van der Waals surface area contributed by atoms with Crippen LogP contribution in [0.2, 0.25) is 0 Å². The highest BCUT2D eigenvalue weighted by atomic mass is 32.1. The van der Waals surface area contributed by atoms with Crippen LogP contribution in [0.3, 0.4) is 0 Å². The van der Waals surface area contributed by atoms with Crippen molar-refractivity contribution in [1.29, 1.82) is 0 Å². The van der Waals surface area contributed by atoms with Gasteiger partial charge in [-0.2, -0.15) is 5.10 Å². The number of thiazole rings is 1. The van der Waals surface area contributed by atoms with E-state index in [4.69, 9.17) is 4.74 Å². The molecular weight excluding hydrogens is 322 g/mol. The molecule has 4 rings (SSSR count). The van der Waals surface area contributed by atoms with Crippen LogP contribution in [0.15, 0.2) is 17.8 Å². The van der Waals surface area contributed by atoms with Crippen LogP contribution in [-0.2, 0) is 11.8 Å². The number of rotatable bonds is 3. The molecule has 5 nitrogen and oxygen atoms in total. The van der Waals surface area contributed by atoms with Crippen molar-refractivity contribution in [3.63, 3.8) is 0 Å². The van der Waals surface area contributed by atoms with Crippen LogP contribution in [0.1, 0.15) is 50.5 Å². The number of carbonyl (C=O) groups excluding carboxylic acids is 1. The maximum atomic E-state index is 12.6. The second-order valence-electron chi connectivity index (χ2n) is 7.94. The summed E-state index contributed by atoms with van der Waals surface area (Å²) >= 11 is 1.45. The second kappa shape index (κ2) is 5.15. The lowest BCUT2D eigenvalue weighted by Gasteiger charge is -2.38. The summed E-state index contributed by atoms with van der Waals surface area (Å²) in [5, 5.41) is 6.73. The number of aryl methyl sites for hydroxylation is 1. The number of hydrogen-bond acceptors (Lipinski definition) is 5. The van der Waals surface area contributed by atoms with Crippen molar-refractivity contribution in [3.8, 4) is 10.6 Å². The Hall–Kier alpha value is -1.69. The second-order valence-corrected chi connectivity index (χ2v) is 8.80. The van der Waals surface area contributed by atoms with Crippen molar-refractivity contribution in [2.24, 2.45) is 23.8 Å². The van der Waals surface area contributed by atoms with Crippen LogP contribution in [0.4, 0.5) is 0 Å². The van der Waals surface area contributed by atoms with Crippen molar-refractivity contribution < 1.29 is 9.53 Å². The molecule has 3 atom stereocenters. The first-order valence-corrected chi connectivity index (χ1v) is 9.35. The summed E-state index contributed by atoms with van der Waals surface area (Å²) in [5.74, 6) is 0.359. The monoisotopic (exact) mass is 345 g/mol. The molecule has 24 heavy (non-hydrogen) atoms. The highest BCUT2D eigenvalue weighted by Gasteiger charge is 2.62. The molecule has 0 saturated heterocycles. The van der Waals surface area contributed by atoms with Gasteiger partial charge in [-0.1, -0.05) is 20.8 Å². The molecule has 2 fully saturated rings. The first kappa shape index (κ1) is 15.8. The molecule has 0 radical (unpaired) electrons. The molecule has 2 aliphatic rings. The lowest BCUT2D eigenvalue weighted by molar-refractivity contribution is -0.0246. The minimum Gasteiger partial charge on any atom is -0.457 e. The molecule has 0 aliphatic heterocycles. The Balaban J connectivity index is 1.51. The van der Waals surface area contributed by atoms with Gasteiger partial charge in [-0.05, 0) is 30.6 Å². The Labute approximate surface area is 146 Å². The van der Waals surface area contributed by atoms with Crippen molar-refractivity contribution in [3.05, 3.63) is 23.5 Å². The van der Waals surface area contributed by atoms with E-state index in [1.165, 1.54) is 17.8 Å². The third kappa shape index (κ3) is 2.15. The first-order chi connectivity index (χ1) is 11.3. The smallest absolute Gasteiger partial charge is 0.358 e. The molecule has 2 heterocycles. The molecule has 2 saturated carbocycles. The molecule has 6 heteroatoms. The predicted molar refractivity (Wildman–Crippen MR) is 92.7 cm³/mol. The van der Waals surface area contributed by atoms with E-state index in [0.29, 0.717) is 11.6 Å². The third-order valence-electron chi connectivity index (χ3n) is 6.63. The first-order valence-electron chi connectivity index (χ1n) is 8.47. The Kier molecular flexibility index (Phi) is 3.39. The van der Waals surface area contributed by atoms with Crippen LogP contribution in [0, 0.1) is 16.7 Å². The van der Waals surface area contributed by atoms with Crippen LogP contribution in [-0.4, -0.2) is 26.8 Å². The Morgan fingerprint density at radius 2 is 2.21 bits per heavy atom. The van der Waals surface area contributed by atoms with Gasteiger partial charge in [-0.15, -0.1) is 11.3 Å². The van der Waals surface area contributed by atoms with Gasteiger partial charge >= 0.3 is 5.97 Å². The van der Waals surface area contributed by atoms with E-state index in [0.717, 1.165) is 23.4 Å². The fourth-order valence-corrected chi connectivity index (χ4v) is 5.29.